The van der Waals surface area contributed by atoms with E-state index in [9.17, 15) is 14.4 Å². The van der Waals surface area contributed by atoms with Crippen molar-refractivity contribution in [2.45, 2.75) is 51.9 Å². The number of benzene rings is 1. The van der Waals surface area contributed by atoms with E-state index in [-0.39, 0.29) is 65.0 Å². The average molecular weight is 372 g/mol. The Kier molecular flexibility index (Phi) is 11.6. The Morgan fingerprint density at radius 3 is 2.29 bits per heavy atom. The fourth-order valence-electron chi connectivity index (χ4n) is 2.71. The number of para-hydroxylation sites is 1. The summed E-state index contributed by atoms with van der Waals surface area (Å²) in [6, 6.07) is 6.01. The molecule has 2 atom stereocenters. The summed E-state index contributed by atoms with van der Waals surface area (Å²) in [7, 11) is -5.02. The van der Waals surface area contributed by atoms with E-state index in [1.807, 2.05) is 18.2 Å². The maximum atomic E-state index is 10.6. The van der Waals surface area contributed by atoms with E-state index in [2.05, 4.69) is 25.3 Å². The Balaban J connectivity index is 0.00000264. The summed E-state index contributed by atoms with van der Waals surface area (Å²) in [5, 5.41) is 0. The molecule has 0 aromatic heterocycles. The van der Waals surface area contributed by atoms with Crippen LogP contribution in [-0.2, 0) is 9.09 Å². The Labute approximate surface area is 188 Å². The third kappa shape index (κ3) is 7.40. The van der Waals surface area contributed by atoms with Crippen LogP contribution >= 0.6 is 7.82 Å². The van der Waals surface area contributed by atoms with Gasteiger partial charge in [0.1, 0.15) is 5.75 Å². The largest absolute Gasteiger partial charge is 1.00 e. The number of rotatable bonds is 8. The molecule has 0 heterocycles. The standard InChI is InChI=1S/C16H25O5P.2Na/c1-4-11(2)14-6-5-7-15(12(3)13-8-9-13)16(14)20-10-21-22(17,18)19;;/h5-7,11-13H,4,8-10H2,1-3H3,(H2,17,18,19);;/q;2*+1/p-2/t11-,12+;;/m1../s1. The monoisotopic (exact) mass is 372 g/mol. The predicted octanol–water partition coefficient (Wildman–Crippen LogP) is -3.10. The summed E-state index contributed by atoms with van der Waals surface area (Å²) >= 11 is 0. The molecule has 1 saturated carbocycles. The molecule has 1 fully saturated rings. The molecule has 0 unspecified atom stereocenters. The third-order valence-electron chi connectivity index (χ3n) is 4.45. The Morgan fingerprint density at radius 1 is 1.21 bits per heavy atom. The van der Waals surface area contributed by atoms with Gasteiger partial charge in [-0.2, -0.15) is 0 Å². The zero-order valence-electron chi connectivity index (χ0n) is 15.3. The van der Waals surface area contributed by atoms with E-state index < -0.39 is 14.6 Å². The van der Waals surface area contributed by atoms with Gasteiger partial charge in [0, 0.05) is 0 Å². The molecule has 0 amide bonds. The minimum atomic E-state index is -5.02. The number of phosphoric ester groups is 1. The number of phosphoric acid groups is 1. The summed E-state index contributed by atoms with van der Waals surface area (Å²) in [5.74, 6) is 1.96. The van der Waals surface area contributed by atoms with Crippen molar-refractivity contribution < 1.29 is 82.7 Å². The number of hydrogen-bond acceptors (Lipinski definition) is 5. The normalized spacial score (nSPS) is 16.5. The van der Waals surface area contributed by atoms with Crippen LogP contribution in [0.5, 0.6) is 5.75 Å². The van der Waals surface area contributed by atoms with Crippen molar-refractivity contribution in [3.8, 4) is 5.75 Å². The van der Waals surface area contributed by atoms with Gasteiger partial charge in [-0.15, -0.1) is 0 Å². The molecule has 0 bridgehead atoms. The molecule has 2 rings (SSSR count). The molecule has 5 nitrogen and oxygen atoms in total. The second kappa shape index (κ2) is 11.1. The minimum Gasteiger partial charge on any atom is -0.790 e. The van der Waals surface area contributed by atoms with Crippen LogP contribution in [0.1, 0.15) is 63.0 Å². The van der Waals surface area contributed by atoms with Crippen molar-refractivity contribution in [2.24, 2.45) is 5.92 Å². The molecule has 8 heteroatoms. The van der Waals surface area contributed by atoms with Gasteiger partial charge in [0.05, 0.1) is 7.82 Å². The molecular weight excluding hydrogens is 349 g/mol. The molecular formula is C16H23Na2O5P. The Bertz CT molecular complexity index is 559. The average Bonchev–Trinajstić information content (AvgIpc) is 3.29. The maximum absolute atomic E-state index is 10.6. The van der Waals surface area contributed by atoms with Crippen molar-refractivity contribution in [3.63, 3.8) is 0 Å². The van der Waals surface area contributed by atoms with Gasteiger partial charge in [0.2, 0.25) is 0 Å². The molecule has 0 N–H and O–H groups in total. The smallest absolute Gasteiger partial charge is 0.790 e. The van der Waals surface area contributed by atoms with E-state index in [0.29, 0.717) is 17.6 Å². The number of ether oxygens (including phenoxy) is 1. The zero-order valence-corrected chi connectivity index (χ0v) is 20.2. The molecule has 1 aliphatic carbocycles. The van der Waals surface area contributed by atoms with Crippen LogP contribution in [0.25, 0.3) is 0 Å². The summed E-state index contributed by atoms with van der Waals surface area (Å²) in [4.78, 5) is 21.2. The van der Waals surface area contributed by atoms with Gasteiger partial charge in [-0.3, -0.25) is 0 Å². The molecule has 0 saturated heterocycles. The zero-order chi connectivity index (χ0) is 16.3. The van der Waals surface area contributed by atoms with Gasteiger partial charge in [-0.05, 0) is 48.1 Å². The molecule has 0 radical (unpaired) electrons. The molecule has 0 aliphatic heterocycles. The summed E-state index contributed by atoms with van der Waals surface area (Å²) < 4.78 is 20.4. The Hall–Kier alpha value is 1.13. The van der Waals surface area contributed by atoms with Crippen LogP contribution in [0, 0.1) is 5.92 Å². The fraction of sp³-hybridized carbons (Fsp3) is 0.625. The molecule has 124 valence electrons. The van der Waals surface area contributed by atoms with Gasteiger partial charge in [-0.1, -0.05) is 39.0 Å². The fourth-order valence-corrected chi connectivity index (χ4v) is 2.89. The summed E-state index contributed by atoms with van der Waals surface area (Å²) in [6.07, 6.45) is 3.36. The summed E-state index contributed by atoms with van der Waals surface area (Å²) in [6.45, 7) is 5.78. The van der Waals surface area contributed by atoms with Gasteiger partial charge >= 0.3 is 59.1 Å². The van der Waals surface area contributed by atoms with E-state index >= 15 is 0 Å². The molecule has 1 aromatic carbocycles. The first-order chi connectivity index (χ1) is 10.3. The summed E-state index contributed by atoms with van der Waals surface area (Å²) in [5.41, 5.74) is 2.10. The topological polar surface area (TPSA) is 81.7 Å². The van der Waals surface area contributed by atoms with Gasteiger partial charge < -0.3 is 23.6 Å². The minimum absolute atomic E-state index is 0. The third-order valence-corrected chi connectivity index (χ3v) is 4.87. The maximum Gasteiger partial charge on any atom is 1.00 e. The van der Waals surface area contributed by atoms with Crippen LogP contribution in [0.4, 0.5) is 0 Å². The van der Waals surface area contributed by atoms with E-state index in [1.165, 1.54) is 12.8 Å². The first-order valence-electron chi connectivity index (χ1n) is 7.75. The Morgan fingerprint density at radius 2 is 1.79 bits per heavy atom. The van der Waals surface area contributed by atoms with Crippen molar-refractivity contribution >= 4 is 7.82 Å². The van der Waals surface area contributed by atoms with E-state index in [0.717, 1.165) is 17.5 Å². The molecule has 1 aromatic rings. The van der Waals surface area contributed by atoms with Gasteiger partial charge in [0.25, 0.3) is 0 Å². The molecule has 1 aliphatic rings. The van der Waals surface area contributed by atoms with Crippen LogP contribution in [0.2, 0.25) is 0 Å². The van der Waals surface area contributed by atoms with Crippen LogP contribution < -0.4 is 73.6 Å². The molecule has 0 spiro atoms. The SMILES string of the molecule is CC[C@@H](C)c1cccc([C@@H](C)C2CC2)c1OCOP(=O)([O-])[O-].[Na+].[Na+]. The van der Waals surface area contributed by atoms with Crippen molar-refractivity contribution in [2.75, 3.05) is 6.79 Å². The molecule has 24 heavy (non-hydrogen) atoms. The van der Waals surface area contributed by atoms with E-state index in [1.54, 1.807) is 0 Å². The van der Waals surface area contributed by atoms with Gasteiger partial charge in [0.15, 0.2) is 6.79 Å². The van der Waals surface area contributed by atoms with Crippen molar-refractivity contribution in [1.82, 2.24) is 0 Å². The van der Waals surface area contributed by atoms with Crippen LogP contribution in [0.15, 0.2) is 18.2 Å². The first kappa shape index (κ1) is 25.1. The number of hydrogen-bond donors (Lipinski definition) is 0. The van der Waals surface area contributed by atoms with Crippen molar-refractivity contribution in [1.29, 1.82) is 0 Å². The van der Waals surface area contributed by atoms with E-state index in [4.69, 9.17) is 4.74 Å². The van der Waals surface area contributed by atoms with Crippen LogP contribution in [-0.4, -0.2) is 6.79 Å². The second-order valence-electron chi connectivity index (χ2n) is 6.04. The first-order valence-corrected chi connectivity index (χ1v) is 9.21. The van der Waals surface area contributed by atoms with Crippen molar-refractivity contribution in [3.05, 3.63) is 29.3 Å². The quantitative estimate of drug-likeness (QED) is 0.274. The van der Waals surface area contributed by atoms with Crippen LogP contribution in [0.3, 0.4) is 0 Å². The second-order valence-corrected chi connectivity index (χ2v) is 7.19. The van der Waals surface area contributed by atoms with Gasteiger partial charge in [-0.25, -0.2) is 0 Å². The predicted molar refractivity (Wildman–Crippen MR) is 80.5 cm³/mol.